The first-order valence-electron chi connectivity index (χ1n) is 14.1. The maximum atomic E-state index is 14.5. The molecule has 2 aromatic carbocycles. The number of benzene rings is 2. The molecule has 0 spiro atoms. The van der Waals surface area contributed by atoms with Gasteiger partial charge in [-0.05, 0) is 63.4 Å². The molecular formula is C31H40F3N3O5. The summed E-state index contributed by atoms with van der Waals surface area (Å²) in [6.45, 7) is 3.62. The Morgan fingerprint density at radius 3 is 2.62 bits per heavy atom. The number of H-pyrrole nitrogens is 1. The van der Waals surface area contributed by atoms with E-state index in [1.807, 2.05) is 24.3 Å². The van der Waals surface area contributed by atoms with Gasteiger partial charge in [-0.1, -0.05) is 18.2 Å². The Labute approximate surface area is 244 Å². The van der Waals surface area contributed by atoms with Crippen LogP contribution in [0.15, 0.2) is 42.5 Å². The molecule has 0 saturated carbocycles. The van der Waals surface area contributed by atoms with Gasteiger partial charge in [-0.2, -0.15) is 0 Å². The number of amides is 1. The topological polar surface area (TPSA) is 87.3 Å². The number of alkyl halides is 3. The van der Waals surface area contributed by atoms with Crippen molar-refractivity contribution in [3.63, 3.8) is 0 Å². The number of ether oxygens (including phenoxy) is 3. The van der Waals surface area contributed by atoms with E-state index in [0.717, 1.165) is 22.2 Å². The first kappa shape index (κ1) is 31.5. The predicted octanol–water partition coefficient (Wildman–Crippen LogP) is 5.73. The van der Waals surface area contributed by atoms with Gasteiger partial charge in [-0.15, -0.1) is 0 Å². The summed E-state index contributed by atoms with van der Waals surface area (Å²) in [4.78, 5) is 19.1. The molecule has 0 saturated heterocycles. The van der Waals surface area contributed by atoms with Crippen LogP contribution in [0.3, 0.4) is 0 Å². The van der Waals surface area contributed by atoms with Gasteiger partial charge in [-0.3, -0.25) is 9.29 Å². The lowest BCUT2D eigenvalue weighted by Crippen LogP contribution is -2.45. The van der Waals surface area contributed by atoms with Crippen molar-refractivity contribution >= 4 is 17.0 Å². The highest BCUT2D eigenvalue weighted by molar-refractivity contribution is 5.85. The molecular weight excluding hydrogens is 551 g/mol. The number of nitrogens with one attached hydrogen (secondary N) is 1. The van der Waals surface area contributed by atoms with E-state index in [1.54, 1.807) is 43.9 Å². The number of halogens is 3. The predicted molar refractivity (Wildman–Crippen MR) is 154 cm³/mol. The number of hydrogen-bond donors (Lipinski definition) is 2. The number of aliphatic hydroxyl groups excluding tert-OH is 1. The van der Waals surface area contributed by atoms with Crippen LogP contribution in [0.25, 0.3) is 10.9 Å². The maximum absolute atomic E-state index is 14.5. The van der Waals surface area contributed by atoms with Crippen molar-refractivity contribution in [2.24, 2.45) is 0 Å². The standard InChI is InChI=1S/C31H40F3N3O5/c1-30(2,3)42-29(39)36(14-7-13-32)16-17-41-21-10-11-26(40-4)24(18-21)28-27-23(22-8-5-6-9-25(22)35-27)12-15-37(28)19-31(33,34)20-38/h5-6,8-11,18,28,35,38H,7,12-17,19-20H2,1-4H3/t28-/m1/s1. The lowest BCUT2D eigenvalue weighted by atomic mass is 9.91. The molecule has 42 heavy (non-hydrogen) atoms. The molecule has 0 fully saturated rings. The highest BCUT2D eigenvalue weighted by atomic mass is 19.3. The summed E-state index contributed by atoms with van der Waals surface area (Å²) in [5.74, 6) is -2.35. The van der Waals surface area contributed by atoms with Crippen LogP contribution in [-0.4, -0.2) is 90.7 Å². The van der Waals surface area contributed by atoms with Crippen LogP contribution in [0.2, 0.25) is 0 Å². The molecule has 0 bridgehead atoms. The first-order valence-corrected chi connectivity index (χ1v) is 14.1. The minimum Gasteiger partial charge on any atom is -0.496 e. The first-order chi connectivity index (χ1) is 20.0. The number of aromatic nitrogens is 1. The fraction of sp³-hybridized carbons (Fsp3) is 0.516. The number of methoxy groups -OCH3 is 1. The van der Waals surface area contributed by atoms with Crippen LogP contribution in [0.4, 0.5) is 18.0 Å². The van der Waals surface area contributed by atoms with Crippen molar-refractivity contribution in [3.05, 3.63) is 59.3 Å². The van der Waals surface area contributed by atoms with Crippen molar-refractivity contribution in [1.82, 2.24) is 14.8 Å². The Kier molecular flexibility index (Phi) is 9.93. The zero-order chi connectivity index (χ0) is 30.5. The molecule has 0 unspecified atom stereocenters. The van der Waals surface area contributed by atoms with E-state index in [4.69, 9.17) is 14.2 Å². The second-order valence-electron chi connectivity index (χ2n) is 11.5. The Bertz CT molecular complexity index is 1360. The Balaban J connectivity index is 1.63. The third-order valence-corrected chi connectivity index (χ3v) is 7.14. The molecule has 2 N–H and O–H groups in total. The monoisotopic (exact) mass is 591 g/mol. The van der Waals surface area contributed by atoms with Gasteiger partial charge in [0.15, 0.2) is 0 Å². The van der Waals surface area contributed by atoms with Gasteiger partial charge >= 0.3 is 6.09 Å². The van der Waals surface area contributed by atoms with Gasteiger partial charge < -0.3 is 29.2 Å². The molecule has 230 valence electrons. The zero-order valence-corrected chi connectivity index (χ0v) is 24.6. The fourth-order valence-corrected chi connectivity index (χ4v) is 5.32. The van der Waals surface area contributed by atoms with Crippen molar-refractivity contribution in [1.29, 1.82) is 0 Å². The van der Waals surface area contributed by atoms with E-state index >= 15 is 0 Å². The third-order valence-electron chi connectivity index (χ3n) is 7.14. The summed E-state index contributed by atoms with van der Waals surface area (Å²) in [7, 11) is 1.52. The molecule has 1 amide bonds. The number of hydrogen-bond acceptors (Lipinski definition) is 6. The third kappa shape index (κ3) is 7.49. The van der Waals surface area contributed by atoms with E-state index < -0.39 is 43.5 Å². The molecule has 1 aliphatic heterocycles. The number of rotatable bonds is 12. The van der Waals surface area contributed by atoms with E-state index in [2.05, 4.69) is 4.98 Å². The zero-order valence-electron chi connectivity index (χ0n) is 24.6. The lowest BCUT2D eigenvalue weighted by molar-refractivity contribution is -0.0789. The summed E-state index contributed by atoms with van der Waals surface area (Å²) < 4.78 is 59.1. The molecule has 11 heteroatoms. The molecule has 0 radical (unpaired) electrons. The van der Waals surface area contributed by atoms with E-state index in [-0.39, 0.29) is 26.1 Å². The van der Waals surface area contributed by atoms with Gasteiger partial charge in [0.1, 0.15) is 30.3 Å². The van der Waals surface area contributed by atoms with Crippen molar-refractivity contribution < 1.29 is 37.3 Å². The number of fused-ring (bicyclic) bond motifs is 3. The highest BCUT2D eigenvalue weighted by Crippen LogP contribution is 2.43. The Hall–Kier alpha value is -3.44. The summed E-state index contributed by atoms with van der Waals surface area (Å²) in [6.07, 6.45) is 0.188. The second kappa shape index (κ2) is 13.2. The molecule has 1 atom stereocenters. The molecule has 2 heterocycles. The Morgan fingerprint density at radius 1 is 1.17 bits per heavy atom. The maximum Gasteiger partial charge on any atom is 0.410 e. The molecule has 4 rings (SSSR count). The van der Waals surface area contributed by atoms with Crippen molar-refractivity contribution in [2.45, 2.75) is 51.2 Å². The van der Waals surface area contributed by atoms with Gasteiger partial charge in [0, 0.05) is 35.2 Å². The minimum atomic E-state index is -3.30. The molecule has 0 aliphatic carbocycles. The van der Waals surface area contributed by atoms with Crippen LogP contribution >= 0.6 is 0 Å². The van der Waals surface area contributed by atoms with Crippen LogP contribution in [0.1, 0.15) is 50.1 Å². The number of aromatic amines is 1. The van der Waals surface area contributed by atoms with Gasteiger partial charge in [0.2, 0.25) is 0 Å². The summed E-state index contributed by atoms with van der Waals surface area (Å²) in [6, 6.07) is 12.4. The average molecular weight is 592 g/mol. The van der Waals surface area contributed by atoms with E-state index in [0.29, 0.717) is 30.0 Å². The molecule has 1 aliphatic rings. The van der Waals surface area contributed by atoms with Gasteiger partial charge in [-0.25, -0.2) is 13.6 Å². The fourth-order valence-electron chi connectivity index (χ4n) is 5.32. The molecule has 1 aromatic heterocycles. The lowest BCUT2D eigenvalue weighted by Gasteiger charge is -2.38. The molecule has 8 nitrogen and oxygen atoms in total. The average Bonchev–Trinajstić information content (AvgIpc) is 3.32. The van der Waals surface area contributed by atoms with E-state index in [1.165, 1.54) is 12.0 Å². The van der Waals surface area contributed by atoms with Crippen LogP contribution in [0, 0.1) is 0 Å². The van der Waals surface area contributed by atoms with Crippen molar-refractivity contribution in [2.75, 3.05) is 53.2 Å². The highest BCUT2D eigenvalue weighted by Gasteiger charge is 2.39. The normalized spacial score (nSPS) is 15.9. The largest absolute Gasteiger partial charge is 0.496 e. The number of para-hydroxylation sites is 1. The van der Waals surface area contributed by atoms with Gasteiger partial charge in [0.05, 0.1) is 32.9 Å². The number of aliphatic hydroxyl groups is 1. The van der Waals surface area contributed by atoms with Gasteiger partial charge in [0.25, 0.3) is 5.92 Å². The molecule has 3 aromatic rings. The Morgan fingerprint density at radius 2 is 1.93 bits per heavy atom. The van der Waals surface area contributed by atoms with Crippen LogP contribution < -0.4 is 9.47 Å². The minimum absolute atomic E-state index is 0.103. The summed E-state index contributed by atoms with van der Waals surface area (Å²) >= 11 is 0. The quantitative estimate of drug-likeness (QED) is 0.280. The SMILES string of the molecule is COc1ccc(OCCN(CCCF)C(=O)OC(C)(C)C)cc1[C@@H]1c2[nH]c3ccccc3c2CCN1CC(F)(F)CO. The number of carbonyl (C=O) groups is 1. The summed E-state index contributed by atoms with van der Waals surface area (Å²) in [5, 5.41) is 10.4. The second-order valence-corrected chi connectivity index (χ2v) is 11.5. The summed E-state index contributed by atoms with van der Waals surface area (Å²) in [5.41, 5.74) is 2.67. The van der Waals surface area contributed by atoms with Crippen LogP contribution in [0.5, 0.6) is 11.5 Å². The number of nitrogens with zero attached hydrogens (tertiary/aromatic N) is 2. The van der Waals surface area contributed by atoms with Crippen molar-refractivity contribution in [3.8, 4) is 11.5 Å². The smallest absolute Gasteiger partial charge is 0.410 e. The van der Waals surface area contributed by atoms with E-state index in [9.17, 15) is 23.1 Å². The van der Waals surface area contributed by atoms with Crippen LogP contribution in [-0.2, 0) is 11.2 Å². The number of carbonyl (C=O) groups excluding carboxylic acids is 1.